The molecule has 0 unspecified atom stereocenters. The number of hydrogen-bond donors (Lipinski definition) is 1. The van der Waals surface area contributed by atoms with Gasteiger partial charge in [-0.25, -0.2) is 4.98 Å². The second-order valence-electron chi connectivity index (χ2n) is 5.41. The van der Waals surface area contributed by atoms with Gasteiger partial charge >= 0.3 is 0 Å². The largest absolute Gasteiger partial charge is 0.307 e. The Balaban J connectivity index is 1.67. The van der Waals surface area contributed by atoms with Gasteiger partial charge in [-0.1, -0.05) is 18.2 Å². The second kappa shape index (κ2) is 6.45. The van der Waals surface area contributed by atoms with E-state index in [0.717, 1.165) is 16.2 Å². The first kappa shape index (κ1) is 15.6. The third-order valence-corrected chi connectivity index (χ3v) is 3.59. The molecule has 24 heavy (non-hydrogen) atoms. The molecule has 0 fully saturated rings. The van der Waals surface area contributed by atoms with E-state index in [1.54, 1.807) is 30.3 Å². The second-order valence-corrected chi connectivity index (χ2v) is 5.41. The summed E-state index contributed by atoms with van der Waals surface area (Å²) in [6.45, 7) is 2.03. The quantitative estimate of drug-likeness (QED) is 0.874. The Bertz CT molecular complexity index is 823. The monoisotopic (exact) mass is 321 g/mol. The van der Waals surface area contributed by atoms with Gasteiger partial charge in [0, 0.05) is 23.4 Å². The van der Waals surface area contributed by atoms with Crippen molar-refractivity contribution in [3.63, 3.8) is 0 Å². The van der Waals surface area contributed by atoms with Gasteiger partial charge in [-0.2, -0.15) is 0 Å². The molecule has 0 saturated heterocycles. The van der Waals surface area contributed by atoms with Crippen molar-refractivity contribution in [1.29, 1.82) is 0 Å². The predicted octanol–water partition coefficient (Wildman–Crippen LogP) is 2.07. The lowest BCUT2D eigenvalue weighted by molar-refractivity contribution is -0.137. The van der Waals surface area contributed by atoms with Crippen LogP contribution in [0.2, 0.25) is 0 Å². The van der Waals surface area contributed by atoms with E-state index in [-0.39, 0.29) is 24.3 Å². The number of nitrogens with one attached hydrogen (secondary N) is 1. The van der Waals surface area contributed by atoms with Gasteiger partial charge in [0.25, 0.3) is 17.7 Å². The number of aryl methyl sites for hydroxylation is 1. The highest BCUT2D eigenvalue weighted by Gasteiger charge is 2.23. The van der Waals surface area contributed by atoms with Crippen LogP contribution in [0.5, 0.6) is 0 Å². The van der Waals surface area contributed by atoms with Crippen LogP contribution in [0.25, 0.3) is 0 Å². The van der Waals surface area contributed by atoms with E-state index in [1.807, 2.05) is 19.1 Å². The summed E-state index contributed by atoms with van der Waals surface area (Å²) in [5.74, 6) is -0.433. The third-order valence-electron chi connectivity index (χ3n) is 3.59. The fraction of sp³-hybridized carbons (Fsp3) is 0.111. The van der Waals surface area contributed by atoms with E-state index in [2.05, 4.69) is 10.3 Å². The first-order chi connectivity index (χ1) is 11.5. The molecule has 0 radical (unpaired) electrons. The number of carbonyl (C=O) groups is 3. The van der Waals surface area contributed by atoms with Crippen LogP contribution in [-0.4, -0.2) is 27.6 Å². The summed E-state index contributed by atoms with van der Waals surface area (Å²) >= 11 is 0. The van der Waals surface area contributed by atoms with E-state index in [0.29, 0.717) is 11.4 Å². The number of benzene rings is 1. The third kappa shape index (κ3) is 3.38. The fourth-order valence-electron chi connectivity index (χ4n) is 2.33. The lowest BCUT2D eigenvalue weighted by Crippen LogP contribution is -2.29. The van der Waals surface area contributed by atoms with E-state index in [9.17, 15) is 14.4 Å². The van der Waals surface area contributed by atoms with Gasteiger partial charge in [-0.3, -0.25) is 19.3 Å². The van der Waals surface area contributed by atoms with E-state index < -0.39 is 0 Å². The average Bonchev–Trinajstić information content (AvgIpc) is 2.87. The zero-order valence-corrected chi connectivity index (χ0v) is 13.0. The molecular formula is C18H15N3O3. The summed E-state index contributed by atoms with van der Waals surface area (Å²) in [5.41, 5.74) is 2.06. The van der Waals surface area contributed by atoms with Crippen LogP contribution in [0.1, 0.15) is 21.6 Å². The predicted molar refractivity (Wildman–Crippen MR) is 88.1 cm³/mol. The van der Waals surface area contributed by atoms with Gasteiger partial charge < -0.3 is 5.32 Å². The zero-order valence-electron chi connectivity index (χ0n) is 13.0. The molecule has 0 aliphatic carbocycles. The van der Waals surface area contributed by atoms with Gasteiger partial charge in [0.05, 0.1) is 6.54 Å². The standard InChI is InChI=1S/C18H15N3O3/c1-12-3-2-4-15(19-12)20-18(24)14-7-5-13(6-8-14)11-21-16(22)9-10-17(21)23/h2-10H,11H2,1H3,(H,19,20,24). The van der Waals surface area contributed by atoms with Gasteiger partial charge in [0.15, 0.2) is 0 Å². The molecule has 3 rings (SSSR count). The van der Waals surface area contributed by atoms with E-state index >= 15 is 0 Å². The molecule has 3 amide bonds. The lowest BCUT2D eigenvalue weighted by Gasteiger charge is -2.13. The number of pyridine rings is 1. The average molecular weight is 321 g/mol. The normalized spacial score (nSPS) is 13.5. The summed E-state index contributed by atoms with van der Waals surface area (Å²) in [5, 5.41) is 2.73. The van der Waals surface area contributed by atoms with Crippen molar-refractivity contribution >= 4 is 23.5 Å². The van der Waals surface area contributed by atoms with Crippen molar-refractivity contribution < 1.29 is 14.4 Å². The number of imide groups is 1. The van der Waals surface area contributed by atoms with E-state index in [4.69, 9.17) is 0 Å². The van der Waals surface area contributed by atoms with Crippen molar-refractivity contribution in [2.75, 3.05) is 5.32 Å². The highest BCUT2D eigenvalue weighted by molar-refractivity contribution is 6.12. The molecule has 120 valence electrons. The van der Waals surface area contributed by atoms with Gasteiger partial charge in [0.2, 0.25) is 0 Å². The molecule has 2 heterocycles. The molecule has 1 N–H and O–H groups in total. The van der Waals surface area contributed by atoms with E-state index in [1.165, 1.54) is 12.2 Å². The number of nitrogens with zero attached hydrogens (tertiary/aromatic N) is 2. The Kier molecular flexibility index (Phi) is 4.20. The zero-order chi connectivity index (χ0) is 17.1. The van der Waals surface area contributed by atoms with Crippen LogP contribution in [0.3, 0.4) is 0 Å². The van der Waals surface area contributed by atoms with Crippen molar-refractivity contribution in [3.8, 4) is 0 Å². The summed E-state index contributed by atoms with van der Waals surface area (Å²) < 4.78 is 0. The maximum Gasteiger partial charge on any atom is 0.256 e. The highest BCUT2D eigenvalue weighted by Crippen LogP contribution is 2.13. The molecule has 0 atom stereocenters. The smallest absolute Gasteiger partial charge is 0.256 e. The maximum absolute atomic E-state index is 12.2. The molecule has 1 aromatic heterocycles. The van der Waals surface area contributed by atoms with Crippen molar-refractivity contribution in [3.05, 3.63) is 71.4 Å². The molecule has 0 bridgehead atoms. The minimum Gasteiger partial charge on any atom is -0.307 e. The SMILES string of the molecule is Cc1cccc(NC(=O)c2ccc(CN3C(=O)C=CC3=O)cc2)n1. The molecule has 1 aliphatic rings. The minimum absolute atomic E-state index is 0.187. The topological polar surface area (TPSA) is 79.4 Å². The Morgan fingerprint density at radius 1 is 1.04 bits per heavy atom. The van der Waals surface area contributed by atoms with Crippen LogP contribution < -0.4 is 5.32 Å². The van der Waals surface area contributed by atoms with Crippen LogP contribution in [0, 0.1) is 6.92 Å². The molecule has 0 saturated carbocycles. The number of amides is 3. The molecule has 2 aromatic rings. The minimum atomic E-state index is -0.327. The Morgan fingerprint density at radius 3 is 2.33 bits per heavy atom. The Hall–Kier alpha value is -3.28. The molecule has 0 spiro atoms. The Morgan fingerprint density at radius 2 is 1.71 bits per heavy atom. The molecule has 6 nitrogen and oxygen atoms in total. The molecule has 6 heteroatoms. The van der Waals surface area contributed by atoms with Crippen molar-refractivity contribution in [2.45, 2.75) is 13.5 Å². The number of aromatic nitrogens is 1. The van der Waals surface area contributed by atoms with Gasteiger partial charge in [-0.05, 0) is 36.8 Å². The number of anilines is 1. The first-order valence-electron chi connectivity index (χ1n) is 7.40. The molecular weight excluding hydrogens is 306 g/mol. The van der Waals surface area contributed by atoms with Crippen LogP contribution in [0.15, 0.2) is 54.6 Å². The molecule has 1 aromatic carbocycles. The summed E-state index contributed by atoms with van der Waals surface area (Å²) in [7, 11) is 0. The summed E-state index contributed by atoms with van der Waals surface area (Å²) in [6.07, 6.45) is 2.50. The number of rotatable bonds is 4. The Labute approximate surface area is 138 Å². The summed E-state index contributed by atoms with van der Waals surface area (Å²) in [6, 6.07) is 12.1. The van der Waals surface area contributed by atoms with Crippen LogP contribution >= 0.6 is 0 Å². The number of hydrogen-bond acceptors (Lipinski definition) is 4. The first-order valence-corrected chi connectivity index (χ1v) is 7.40. The molecule has 1 aliphatic heterocycles. The van der Waals surface area contributed by atoms with Crippen molar-refractivity contribution in [2.24, 2.45) is 0 Å². The van der Waals surface area contributed by atoms with Crippen LogP contribution in [0.4, 0.5) is 5.82 Å². The van der Waals surface area contributed by atoms with Crippen LogP contribution in [-0.2, 0) is 16.1 Å². The van der Waals surface area contributed by atoms with Gasteiger partial charge in [-0.15, -0.1) is 0 Å². The lowest BCUT2D eigenvalue weighted by atomic mass is 10.1. The van der Waals surface area contributed by atoms with Crippen molar-refractivity contribution in [1.82, 2.24) is 9.88 Å². The van der Waals surface area contributed by atoms with Gasteiger partial charge in [0.1, 0.15) is 5.82 Å². The fourth-order valence-corrected chi connectivity index (χ4v) is 2.33. The highest BCUT2D eigenvalue weighted by atomic mass is 16.2. The maximum atomic E-state index is 12.2. The number of carbonyl (C=O) groups excluding carboxylic acids is 3. The summed E-state index contributed by atoms with van der Waals surface area (Å²) in [4.78, 5) is 40.7.